The van der Waals surface area contributed by atoms with Crippen LogP contribution in [0.15, 0.2) is 46.5 Å². The second-order valence-electron chi connectivity index (χ2n) is 6.70. The van der Waals surface area contributed by atoms with E-state index in [-0.39, 0.29) is 11.9 Å². The normalized spacial score (nSPS) is 15.8. The molecule has 1 N–H and O–H groups in total. The number of morpholine rings is 1. The Morgan fingerprint density at radius 2 is 2.03 bits per heavy atom. The van der Waals surface area contributed by atoms with Gasteiger partial charge < -0.3 is 14.8 Å². The van der Waals surface area contributed by atoms with Crippen LogP contribution in [-0.2, 0) is 4.74 Å². The number of nitrogens with one attached hydrogen (secondary N) is 1. The van der Waals surface area contributed by atoms with Crippen molar-refractivity contribution in [2.45, 2.75) is 6.04 Å². The Bertz CT molecular complexity index is 919. The molecule has 1 saturated heterocycles. The number of thiazole rings is 1. The predicted molar refractivity (Wildman–Crippen MR) is 116 cm³/mol. The van der Waals surface area contributed by atoms with Crippen LogP contribution in [0.3, 0.4) is 0 Å². The minimum absolute atomic E-state index is 0.0729. The Labute approximate surface area is 178 Å². The van der Waals surface area contributed by atoms with Gasteiger partial charge >= 0.3 is 0 Å². The molecule has 0 saturated carbocycles. The molecule has 8 heteroatoms. The number of methoxy groups -OCH3 is 1. The van der Waals surface area contributed by atoms with Crippen LogP contribution in [-0.4, -0.2) is 55.7 Å². The van der Waals surface area contributed by atoms with E-state index >= 15 is 0 Å². The average Bonchev–Trinajstić information content (AvgIpc) is 3.47. The molecule has 29 heavy (non-hydrogen) atoms. The molecule has 3 heterocycles. The third-order valence-corrected chi connectivity index (χ3v) is 6.52. The maximum Gasteiger partial charge on any atom is 0.270 e. The van der Waals surface area contributed by atoms with Crippen molar-refractivity contribution in [2.24, 2.45) is 0 Å². The molecule has 3 aromatic rings. The summed E-state index contributed by atoms with van der Waals surface area (Å²) in [5.74, 6) is 0.677. The van der Waals surface area contributed by atoms with Crippen molar-refractivity contribution in [3.63, 3.8) is 0 Å². The number of aromatic nitrogens is 1. The van der Waals surface area contributed by atoms with Crippen molar-refractivity contribution in [1.29, 1.82) is 0 Å². The number of nitrogens with zero attached hydrogens (tertiary/aromatic N) is 2. The molecule has 4 rings (SSSR count). The fourth-order valence-corrected chi connectivity index (χ4v) is 4.86. The van der Waals surface area contributed by atoms with Gasteiger partial charge in [-0.1, -0.05) is 12.1 Å². The molecule has 0 spiro atoms. The summed E-state index contributed by atoms with van der Waals surface area (Å²) in [5.41, 5.74) is 2.67. The van der Waals surface area contributed by atoms with Gasteiger partial charge in [-0.05, 0) is 29.1 Å². The number of hydrogen-bond acceptors (Lipinski definition) is 7. The molecular weight excluding hydrogens is 406 g/mol. The van der Waals surface area contributed by atoms with Crippen LogP contribution in [0.25, 0.3) is 10.6 Å². The van der Waals surface area contributed by atoms with Gasteiger partial charge in [-0.25, -0.2) is 4.98 Å². The minimum atomic E-state index is -0.144. The summed E-state index contributed by atoms with van der Waals surface area (Å²) >= 11 is 3.12. The Balaban J connectivity index is 1.46. The quantitative estimate of drug-likeness (QED) is 0.621. The molecule has 0 bridgehead atoms. The van der Waals surface area contributed by atoms with E-state index in [1.807, 2.05) is 34.3 Å². The van der Waals surface area contributed by atoms with Crippen molar-refractivity contribution >= 4 is 28.6 Å². The number of thiophene rings is 1. The molecular formula is C21H23N3O3S2. The fraction of sp³-hybridized carbons (Fsp3) is 0.333. The first-order chi connectivity index (χ1) is 14.2. The van der Waals surface area contributed by atoms with Gasteiger partial charge in [-0.15, -0.1) is 11.3 Å². The topological polar surface area (TPSA) is 63.7 Å². The maximum atomic E-state index is 12.7. The van der Waals surface area contributed by atoms with Crippen LogP contribution in [0.5, 0.6) is 5.75 Å². The zero-order valence-electron chi connectivity index (χ0n) is 16.2. The van der Waals surface area contributed by atoms with Crippen LogP contribution in [0.2, 0.25) is 0 Å². The summed E-state index contributed by atoms with van der Waals surface area (Å²) in [5, 5.41) is 9.82. The summed E-state index contributed by atoms with van der Waals surface area (Å²) in [6.07, 6.45) is 0. The van der Waals surface area contributed by atoms with E-state index < -0.39 is 0 Å². The van der Waals surface area contributed by atoms with Crippen LogP contribution < -0.4 is 10.1 Å². The summed E-state index contributed by atoms with van der Waals surface area (Å²) in [4.78, 5) is 19.6. The van der Waals surface area contributed by atoms with Gasteiger partial charge in [0, 0.05) is 36.0 Å². The Hall–Kier alpha value is -2.26. The van der Waals surface area contributed by atoms with Crippen LogP contribution >= 0.6 is 22.7 Å². The SMILES string of the molecule is COc1ccc([C@H](CNC(=O)c2csc(-c3ccsc3)n2)N2CCOCC2)cc1. The van der Waals surface area contributed by atoms with E-state index in [2.05, 4.69) is 27.3 Å². The van der Waals surface area contributed by atoms with Gasteiger partial charge in [0.25, 0.3) is 5.91 Å². The maximum absolute atomic E-state index is 12.7. The number of amides is 1. The highest BCUT2D eigenvalue weighted by molar-refractivity contribution is 7.14. The molecule has 2 aromatic heterocycles. The lowest BCUT2D eigenvalue weighted by molar-refractivity contribution is 0.0162. The number of benzene rings is 1. The van der Waals surface area contributed by atoms with E-state index in [1.165, 1.54) is 11.3 Å². The van der Waals surface area contributed by atoms with Crippen molar-refractivity contribution in [3.05, 3.63) is 57.7 Å². The minimum Gasteiger partial charge on any atom is -0.497 e. The lowest BCUT2D eigenvalue weighted by atomic mass is 10.0. The standard InChI is InChI=1S/C21H23N3O3S2/c1-26-17-4-2-15(3-5-17)19(24-7-9-27-10-8-24)12-22-20(25)18-14-29-21(23-18)16-6-11-28-13-16/h2-6,11,13-14,19H,7-10,12H2,1H3,(H,22,25)/t19-/m0/s1. The third kappa shape index (κ3) is 4.84. The number of carbonyl (C=O) groups is 1. The molecule has 6 nitrogen and oxygen atoms in total. The summed E-state index contributed by atoms with van der Waals surface area (Å²) < 4.78 is 10.8. The lowest BCUT2D eigenvalue weighted by Crippen LogP contribution is -2.43. The smallest absolute Gasteiger partial charge is 0.270 e. The number of ether oxygens (including phenoxy) is 2. The molecule has 1 atom stereocenters. The second-order valence-corrected chi connectivity index (χ2v) is 8.34. The highest BCUT2D eigenvalue weighted by Crippen LogP contribution is 2.26. The zero-order valence-corrected chi connectivity index (χ0v) is 17.8. The molecule has 1 aliphatic rings. The first-order valence-electron chi connectivity index (χ1n) is 9.46. The molecule has 0 unspecified atom stereocenters. The monoisotopic (exact) mass is 429 g/mol. The van der Waals surface area contributed by atoms with Gasteiger partial charge in [-0.3, -0.25) is 9.69 Å². The Morgan fingerprint density at radius 1 is 1.24 bits per heavy atom. The summed E-state index contributed by atoms with van der Waals surface area (Å²) in [6, 6.07) is 10.1. The highest BCUT2D eigenvalue weighted by atomic mass is 32.1. The first-order valence-corrected chi connectivity index (χ1v) is 11.3. The zero-order chi connectivity index (χ0) is 20.1. The van der Waals surface area contributed by atoms with Crippen molar-refractivity contribution < 1.29 is 14.3 Å². The largest absolute Gasteiger partial charge is 0.497 e. The van der Waals surface area contributed by atoms with Gasteiger partial charge in [0.15, 0.2) is 0 Å². The number of rotatable bonds is 7. The van der Waals surface area contributed by atoms with E-state index in [1.54, 1.807) is 18.4 Å². The molecule has 0 aliphatic carbocycles. The number of hydrogen-bond donors (Lipinski definition) is 1. The van der Waals surface area contributed by atoms with E-state index in [0.717, 1.165) is 35.0 Å². The van der Waals surface area contributed by atoms with Gasteiger partial charge in [0.1, 0.15) is 16.5 Å². The van der Waals surface area contributed by atoms with Gasteiger partial charge in [0.2, 0.25) is 0 Å². The molecule has 1 amide bonds. The summed E-state index contributed by atoms with van der Waals surface area (Å²) in [6.45, 7) is 3.60. The lowest BCUT2D eigenvalue weighted by Gasteiger charge is -2.35. The first kappa shape index (κ1) is 20.0. The van der Waals surface area contributed by atoms with E-state index in [4.69, 9.17) is 9.47 Å². The fourth-order valence-electron chi connectivity index (χ4n) is 3.35. The molecule has 1 aliphatic heterocycles. The number of carbonyl (C=O) groups excluding carboxylic acids is 1. The molecule has 1 aromatic carbocycles. The highest BCUT2D eigenvalue weighted by Gasteiger charge is 2.24. The van der Waals surface area contributed by atoms with Gasteiger partial charge in [-0.2, -0.15) is 11.3 Å². The average molecular weight is 430 g/mol. The van der Waals surface area contributed by atoms with Crippen LogP contribution in [0.4, 0.5) is 0 Å². The third-order valence-electron chi connectivity index (χ3n) is 4.95. The Morgan fingerprint density at radius 3 is 2.72 bits per heavy atom. The van der Waals surface area contributed by atoms with Crippen LogP contribution in [0, 0.1) is 0 Å². The molecule has 152 valence electrons. The van der Waals surface area contributed by atoms with Crippen molar-refractivity contribution in [2.75, 3.05) is 40.0 Å². The van der Waals surface area contributed by atoms with E-state index in [9.17, 15) is 4.79 Å². The van der Waals surface area contributed by atoms with Crippen molar-refractivity contribution in [1.82, 2.24) is 15.2 Å². The van der Waals surface area contributed by atoms with Crippen molar-refractivity contribution in [3.8, 4) is 16.3 Å². The van der Waals surface area contributed by atoms with Crippen LogP contribution in [0.1, 0.15) is 22.1 Å². The van der Waals surface area contributed by atoms with Gasteiger partial charge in [0.05, 0.1) is 26.4 Å². The summed E-state index contributed by atoms with van der Waals surface area (Å²) in [7, 11) is 1.66. The predicted octanol–water partition coefficient (Wildman–Crippen LogP) is 3.68. The molecule has 0 radical (unpaired) electrons. The van der Waals surface area contributed by atoms with E-state index in [0.29, 0.717) is 25.5 Å². The second kappa shape index (κ2) is 9.49. The Kier molecular flexibility index (Phi) is 6.56. The molecule has 1 fully saturated rings.